The van der Waals surface area contributed by atoms with Crippen LogP contribution in [-0.2, 0) is 12.6 Å². The maximum Gasteiger partial charge on any atom is 0.416 e. The molecule has 1 unspecified atom stereocenters. The SMILES string of the molecule is Cc1nc(Nc2ccc(F)cc2)nc(N2CCc3cc(OC(=O)c4cccc(C(F)(F)F)c4)ccc3C2C)c1C.c1cncnc1. The van der Waals surface area contributed by atoms with Crippen LogP contribution in [0, 0.1) is 19.7 Å². The van der Waals surface area contributed by atoms with Gasteiger partial charge in [-0.15, -0.1) is 0 Å². The number of anilines is 3. The normalized spacial score (nSPS) is 14.1. The molecule has 0 radical (unpaired) electrons. The Kier molecular flexibility index (Phi) is 9.55. The Morgan fingerprint density at radius 1 is 0.957 bits per heavy atom. The molecule has 236 valence electrons. The number of carbonyl (C=O) groups excluding carboxylic acids is 1. The molecule has 3 heterocycles. The van der Waals surface area contributed by atoms with Crippen LogP contribution in [0.15, 0.2) is 91.5 Å². The minimum Gasteiger partial charge on any atom is -0.423 e. The van der Waals surface area contributed by atoms with Crippen molar-refractivity contribution in [2.45, 2.75) is 39.4 Å². The van der Waals surface area contributed by atoms with Crippen LogP contribution < -0.4 is 15.0 Å². The lowest BCUT2D eigenvalue weighted by Gasteiger charge is -2.37. The molecule has 46 heavy (non-hydrogen) atoms. The molecule has 1 atom stereocenters. The summed E-state index contributed by atoms with van der Waals surface area (Å²) in [5.41, 5.74) is 3.33. The largest absolute Gasteiger partial charge is 0.423 e. The molecule has 0 saturated heterocycles. The van der Waals surface area contributed by atoms with Crippen LogP contribution in [0.25, 0.3) is 0 Å². The zero-order chi connectivity index (χ0) is 32.8. The molecule has 6 rings (SSSR count). The Labute approximate surface area is 263 Å². The maximum atomic E-state index is 13.3. The molecule has 0 bridgehead atoms. The average molecular weight is 631 g/mol. The van der Waals surface area contributed by atoms with Gasteiger partial charge in [-0.3, -0.25) is 0 Å². The van der Waals surface area contributed by atoms with E-state index in [1.165, 1.54) is 30.6 Å². The van der Waals surface area contributed by atoms with E-state index in [0.717, 1.165) is 40.3 Å². The lowest BCUT2D eigenvalue weighted by molar-refractivity contribution is -0.137. The highest BCUT2D eigenvalue weighted by molar-refractivity contribution is 5.91. The van der Waals surface area contributed by atoms with Crippen molar-refractivity contribution in [3.63, 3.8) is 0 Å². The molecule has 0 saturated carbocycles. The predicted molar refractivity (Wildman–Crippen MR) is 166 cm³/mol. The minimum absolute atomic E-state index is 0.0661. The predicted octanol–water partition coefficient (Wildman–Crippen LogP) is 7.81. The Balaban J connectivity index is 0.000000624. The van der Waals surface area contributed by atoms with Gasteiger partial charge in [0.05, 0.1) is 17.2 Å². The number of benzene rings is 3. The van der Waals surface area contributed by atoms with Gasteiger partial charge in [-0.1, -0.05) is 12.1 Å². The molecule has 5 aromatic rings. The number of nitrogens with one attached hydrogen (secondary N) is 1. The number of esters is 1. The summed E-state index contributed by atoms with van der Waals surface area (Å²) < 4.78 is 57.8. The molecule has 1 N–H and O–H groups in total. The van der Waals surface area contributed by atoms with Gasteiger partial charge in [0.25, 0.3) is 0 Å². The van der Waals surface area contributed by atoms with Crippen LogP contribution in [-0.4, -0.2) is 32.4 Å². The van der Waals surface area contributed by atoms with Crippen LogP contribution in [0.2, 0.25) is 0 Å². The van der Waals surface area contributed by atoms with Crippen molar-refractivity contribution in [2.24, 2.45) is 0 Å². The number of aromatic nitrogens is 4. The van der Waals surface area contributed by atoms with E-state index in [9.17, 15) is 22.4 Å². The van der Waals surface area contributed by atoms with E-state index < -0.39 is 17.7 Å². The number of halogens is 4. The molecule has 0 fully saturated rings. The first-order valence-corrected chi connectivity index (χ1v) is 14.4. The van der Waals surface area contributed by atoms with Gasteiger partial charge in [-0.25, -0.2) is 24.1 Å². The van der Waals surface area contributed by atoms with Crippen molar-refractivity contribution in [3.8, 4) is 5.75 Å². The number of alkyl halides is 3. The molecule has 3 aromatic carbocycles. The van der Waals surface area contributed by atoms with Crippen molar-refractivity contribution >= 4 is 23.4 Å². The van der Waals surface area contributed by atoms with Crippen molar-refractivity contribution < 1.29 is 27.1 Å². The van der Waals surface area contributed by atoms with Gasteiger partial charge in [0.1, 0.15) is 23.7 Å². The first-order chi connectivity index (χ1) is 22.0. The summed E-state index contributed by atoms with van der Waals surface area (Å²) in [6, 6.07) is 17.1. The van der Waals surface area contributed by atoms with E-state index in [2.05, 4.69) is 32.1 Å². The highest BCUT2D eigenvalue weighted by atomic mass is 19.4. The number of aryl methyl sites for hydroxylation is 1. The summed E-state index contributed by atoms with van der Waals surface area (Å²) in [6.45, 7) is 6.55. The summed E-state index contributed by atoms with van der Waals surface area (Å²) in [5, 5.41) is 3.14. The number of fused-ring (bicyclic) bond motifs is 1. The molecule has 1 aliphatic rings. The Morgan fingerprint density at radius 2 is 1.70 bits per heavy atom. The van der Waals surface area contributed by atoms with E-state index >= 15 is 0 Å². The third-order valence-electron chi connectivity index (χ3n) is 7.50. The number of rotatable bonds is 5. The minimum atomic E-state index is -4.55. The molecule has 2 aromatic heterocycles. The molecule has 0 spiro atoms. The molecule has 0 amide bonds. The standard InChI is InChI=1S/C30H26F4N4O2.C4H4N2/c1-17-18(2)35-29(36-24-9-7-23(31)8-10-24)37-27(17)38-14-13-20-16-25(11-12-26(20)19(38)3)40-28(39)21-5-4-6-22(15-21)30(32,33)34;1-2-5-4-6-3-1/h4-12,15-16,19H,13-14H2,1-3H3,(H,35,36,37);1-4H. The van der Waals surface area contributed by atoms with Crippen LogP contribution in [0.4, 0.5) is 35.0 Å². The lowest BCUT2D eigenvalue weighted by Crippen LogP contribution is -2.35. The van der Waals surface area contributed by atoms with Crippen molar-refractivity contribution in [2.75, 3.05) is 16.8 Å². The van der Waals surface area contributed by atoms with E-state index in [1.807, 2.05) is 19.9 Å². The van der Waals surface area contributed by atoms with Gasteiger partial charge in [0.15, 0.2) is 0 Å². The fourth-order valence-corrected chi connectivity index (χ4v) is 5.01. The third kappa shape index (κ3) is 7.63. The maximum absolute atomic E-state index is 13.3. The second-order valence-electron chi connectivity index (χ2n) is 10.6. The topological polar surface area (TPSA) is 93.1 Å². The highest BCUT2D eigenvalue weighted by Crippen LogP contribution is 2.37. The fraction of sp³-hybridized carbons (Fsp3) is 0.206. The number of nitrogens with zero attached hydrogens (tertiary/aromatic N) is 5. The van der Waals surface area contributed by atoms with Crippen LogP contribution in [0.1, 0.15) is 51.3 Å². The molecule has 8 nitrogen and oxygen atoms in total. The highest BCUT2D eigenvalue weighted by Gasteiger charge is 2.31. The number of carbonyl (C=O) groups is 1. The third-order valence-corrected chi connectivity index (χ3v) is 7.50. The van der Waals surface area contributed by atoms with Gasteiger partial charge in [-0.05, 0) is 99.0 Å². The molecule has 12 heteroatoms. The Morgan fingerprint density at radius 3 is 2.35 bits per heavy atom. The van der Waals surface area contributed by atoms with Crippen LogP contribution in [0.5, 0.6) is 5.75 Å². The summed E-state index contributed by atoms with van der Waals surface area (Å²) in [7, 11) is 0. The molecular formula is C34H30F4N6O2. The van der Waals surface area contributed by atoms with E-state index in [0.29, 0.717) is 24.6 Å². The van der Waals surface area contributed by atoms with Crippen molar-refractivity contribution in [1.29, 1.82) is 0 Å². The summed E-state index contributed by atoms with van der Waals surface area (Å²) >= 11 is 0. The van der Waals surface area contributed by atoms with E-state index in [-0.39, 0.29) is 23.2 Å². The number of hydrogen-bond donors (Lipinski definition) is 1. The number of ether oxygens (including phenoxy) is 1. The number of hydrogen-bond acceptors (Lipinski definition) is 8. The van der Waals surface area contributed by atoms with Gasteiger partial charge in [-0.2, -0.15) is 18.2 Å². The smallest absolute Gasteiger partial charge is 0.416 e. The summed E-state index contributed by atoms with van der Waals surface area (Å²) in [5.74, 6) is 0.253. The van der Waals surface area contributed by atoms with Crippen molar-refractivity contribution in [1.82, 2.24) is 19.9 Å². The van der Waals surface area contributed by atoms with Crippen molar-refractivity contribution in [3.05, 3.63) is 131 Å². The van der Waals surface area contributed by atoms with E-state index in [4.69, 9.17) is 9.72 Å². The zero-order valence-corrected chi connectivity index (χ0v) is 25.2. The molecular weight excluding hydrogens is 600 g/mol. The van der Waals surface area contributed by atoms with Gasteiger partial charge >= 0.3 is 12.1 Å². The molecule has 1 aliphatic heterocycles. The lowest BCUT2D eigenvalue weighted by atomic mass is 9.93. The van der Waals surface area contributed by atoms with E-state index in [1.54, 1.807) is 42.7 Å². The quantitative estimate of drug-likeness (QED) is 0.119. The average Bonchev–Trinajstić information content (AvgIpc) is 3.05. The van der Waals surface area contributed by atoms with Gasteiger partial charge in [0, 0.05) is 35.9 Å². The first kappa shape index (κ1) is 32.0. The Bertz CT molecular complexity index is 1790. The second-order valence-corrected chi connectivity index (χ2v) is 10.6. The monoisotopic (exact) mass is 630 g/mol. The Hall–Kier alpha value is -5.39. The fourth-order valence-electron chi connectivity index (χ4n) is 5.01. The summed E-state index contributed by atoms with van der Waals surface area (Å²) in [6.07, 6.45) is 0.959. The molecule has 0 aliphatic carbocycles. The zero-order valence-electron chi connectivity index (χ0n) is 25.2. The van der Waals surface area contributed by atoms with Crippen LogP contribution >= 0.6 is 0 Å². The van der Waals surface area contributed by atoms with Gasteiger partial charge in [0.2, 0.25) is 5.95 Å². The second kappa shape index (κ2) is 13.7. The first-order valence-electron chi connectivity index (χ1n) is 14.4. The summed E-state index contributed by atoms with van der Waals surface area (Å²) in [4.78, 5) is 31.4. The van der Waals surface area contributed by atoms with Gasteiger partial charge < -0.3 is 15.0 Å². The van der Waals surface area contributed by atoms with Crippen LogP contribution in [0.3, 0.4) is 0 Å².